The van der Waals surface area contributed by atoms with Crippen LogP contribution in [0.2, 0.25) is 0 Å². The Morgan fingerprint density at radius 1 is 1.34 bits per heavy atom. The van der Waals surface area contributed by atoms with Gasteiger partial charge in [-0.05, 0) is 39.7 Å². The largest absolute Gasteiger partial charge is 0.444 e. The van der Waals surface area contributed by atoms with E-state index in [0.717, 1.165) is 41.8 Å². The molecule has 1 aliphatic heterocycles. The Kier molecular flexibility index (Phi) is 6.00. The third-order valence-electron chi connectivity index (χ3n) is 4.82. The monoisotopic (exact) mass is 401 g/mol. The van der Waals surface area contributed by atoms with Gasteiger partial charge in [-0.2, -0.15) is 0 Å². The van der Waals surface area contributed by atoms with E-state index in [1.54, 1.807) is 12.4 Å². The van der Waals surface area contributed by atoms with Crippen molar-refractivity contribution < 1.29 is 14.3 Å². The lowest BCUT2D eigenvalue weighted by molar-refractivity contribution is -0.118. The second-order valence-electron chi connectivity index (χ2n) is 8.83. The number of carbonyl (C=O) groups excluding carboxylic acids is 2. The first kappa shape index (κ1) is 21.0. The molecule has 0 bridgehead atoms. The predicted molar refractivity (Wildman–Crippen MR) is 114 cm³/mol. The summed E-state index contributed by atoms with van der Waals surface area (Å²) in [7, 11) is 0. The molecule has 3 rings (SSSR count). The van der Waals surface area contributed by atoms with Gasteiger partial charge in [0, 0.05) is 37.4 Å². The van der Waals surface area contributed by atoms with Gasteiger partial charge in [0.25, 0.3) is 0 Å². The van der Waals surface area contributed by atoms with Crippen molar-refractivity contribution in [3.63, 3.8) is 0 Å². The van der Waals surface area contributed by atoms with Gasteiger partial charge in [0.1, 0.15) is 11.2 Å². The average Bonchev–Trinajstić information content (AvgIpc) is 3.03. The Bertz CT molecular complexity index is 884. The Morgan fingerprint density at radius 3 is 2.79 bits per heavy atom. The van der Waals surface area contributed by atoms with E-state index in [2.05, 4.69) is 25.5 Å². The van der Waals surface area contributed by atoms with Crippen molar-refractivity contribution in [3.05, 3.63) is 18.5 Å². The summed E-state index contributed by atoms with van der Waals surface area (Å²) in [4.78, 5) is 34.1. The van der Waals surface area contributed by atoms with E-state index in [-0.39, 0.29) is 17.9 Å². The van der Waals surface area contributed by atoms with E-state index in [1.165, 1.54) is 0 Å². The molecule has 0 unspecified atom stereocenters. The van der Waals surface area contributed by atoms with Crippen molar-refractivity contribution in [1.82, 2.24) is 15.3 Å². The van der Waals surface area contributed by atoms with Crippen LogP contribution < -0.4 is 15.5 Å². The molecule has 1 aliphatic rings. The fraction of sp³-hybridized carbons (Fsp3) is 0.571. The number of nitrogens with zero attached hydrogens (tertiary/aromatic N) is 2. The predicted octanol–water partition coefficient (Wildman–Crippen LogP) is 3.65. The molecule has 1 atom stereocenters. The molecule has 2 amide bonds. The lowest BCUT2D eigenvalue weighted by atomic mass is 10.0. The van der Waals surface area contributed by atoms with Crippen LogP contribution in [0.1, 0.15) is 47.5 Å². The summed E-state index contributed by atoms with van der Waals surface area (Å²) in [6, 6.07) is 1.95. The van der Waals surface area contributed by atoms with Gasteiger partial charge in [-0.1, -0.05) is 13.8 Å². The molecular formula is C21H31N5O3. The number of aromatic nitrogens is 2. The SMILES string of the molecule is CC(C)C(=O)Nc1c[nH]c2nccc(N3CCC[C@@H](NC(=O)OC(C)(C)C)C3)c12. The molecule has 0 aromatic carbocycles. The highest BCUT2D eigenvalue weighted by atomic mass is 16.6. The van der Waals surface area contributed by atoms with Gasteiger partial charge in [-0.25, -0.2) is 9.78 Å². The Labute approximate surface area is 171 Å². The number of aromatic amines is 1. The first-order valence-electron chi connectivity index (χ1n) is 10.2. The third kappa shape index (κ3) is 5.19. The summed E-state index contributed by atoms with van der Waals surface area (Å²) in [5, 5.41) is 6.86. The van der Waals surface area contributed by atoms with Crippen molar-refractivity contribution in [2.75, 3.05) is 23.3 Å². The fourth-order valence-corrected chi connectivity index (χ4v) is 3.47. The highest BCUT2D eigenvalue weighted by Gasteiger charge is 2.26. The maximum atomic E-state index is 12.2. The molecular weight excluding hydrogens is 370 g/mol. The zero-order chi connectivity index (χ0) is 21.2. The van der Waals surface area contributed by atoms with Crippen molar-refractivity contribution in [3.8, 4) is 0 Å². The number of anilines is 2. The van der Waals surface area contributed by atoms with E-state index in [9.17, 15) is 9.59 Å². The number of rotatable bonds is 4. The Morgan fingerprint density at radius 2 is 2.10 bits per heavy atom. The number of ether oxygens (including phenoxy) is 1. The second kappa shape index (κ2) is 8.31. The smallest absolute Gasteiger partial charge is 0.407 e. The lowest BCUT2D eigenvalue weighted by Crippen LogP contribution is -2.49. The van der Waals surface area contributed by atoms with E-state index in [4.69, 9.17) is 4.74 Å². The minimum absolute atomic E-state index is 0.00513. The molecule has 3 heterocycles. The summed E-state index contributed by atoms with van der Waals surface area (Å²) in [6.07, 6.45) is 4.99. The minimum Gasteiger partial charge on any atom is -0.444 e. The molecule has 1 saturated heterocycles. The van der Waals surface area contributed by atoms with Crippen LogP contribution in [-0.4, -0.2) is 46.7 Å². The van der Waals surface area contributed by atoms with Crippen LogP contribution >= 0.6 is 0 Å². The summed E-state index contributed by atoms with van der Waals surface area (Å²) in [5.74, 6) is -0.152. The van der Waals surface area contributed by atoms with Crippen molar-refractivity contribution in [2.45, 2.75) is 59.1 Å². The number of carbonyl (C=O) groups is 2. The normalized spacial score (nSPS) is 17.4. The molecule has 158 valence electrons. The van der Waals surface area contributed by atoms with Crippen LogP contribution in [0.15, 0.2) is 18.5 Å². The van der Waals surface area contributed by atoms with E-state index in [0.29, 0.717) is 6.54 Å². The molecule has 0 radical (unpaired) electrons. The lowest BCUT2D eigenvalue weighted by Gasteiger charge is -2.35. The van der Waals surface area contributed by atoms with Crippen LogP contribution in [-0.2, 0) is 9.53 Å². The van der Waals surface area contributed by atoms with Crippen LogP contribution in [0.25, 0.3) is 11.0 Å². The molecule has 8 nitrogen and oxygen atoms in total. The quantitative estimate of drug-likeness (QED) is 0.726. The number of H-pyrrole nitrogens is 1. The van der Waals surface area contributed by atoms with E-state index < -0.39 is 11.7 Å². The molecule has 1 fully saturated rings. The summed E-state index contributed by atoms with van der Waals surface area (Å²) >= 11 is 0. The number of hydrogen-bond donors (Lipinski definition) is 3. The zero-order valence-corrected chi connectivity index (χ0v) is 17.8. The fourth-order valence-electron chi connectivity index (χ4n) is 3.47. The van der Waals surface area contributed by atoms with Gasteiger partial charge in [-0.3, -0.25) is 4.79 Å². The molecule has 2 aromatic heterocycles. The van der Waals surface area contributed by atoms with Gasteiger partial charge in [0.05, 0.1) is 16.8 Å². The molecule has 2 aromatic rings. The zero-order valence-electron chi connectivity index (χ0n) is 17.8. The van der Waals surface area contributed by atoms with Crippen LogP contribution in [0.5, 0.6) is 0 Å². The maximum absolute atomic E-state index is 12.2. The number of alkyl carbamates (subject to hydrolysis) is 1. The Hall–Kier alpha value is -2.77. The van der Waals surface area contributed by atoms with Gasteiger partial charge < -0.3 is 25.3 Å². The number of fused-ring (bicyclic) bond motifs is 1. The summed E-state index contributed by atoms with van der Waals surface area (Å²) < 4.78 is 5.39. The van der Waals surface area contributed by atoms with E-state index in [1.807, 2.05) is 40.7 Å². The summed E-state index contributed by atoms with van der Waals surface area (Å²) in [5.41, 5.74) is 1.92. The molecule has 8 heteroatoms. The van der Waals surface area contributed by atoms with Crippen LogP contribution in [0.3, 0.4) is 0 Å². The van der Waals surface area contributed by atoms with Gasteiger partial charge in [0.15, 0.2) is 0 Å². The first-order valence-corrected chi connectivity index (χ1v) is 10.2. The highest BCUT2D eigenvalue weighted by Crippen LogP contribution is 2.33. The maximum Gasteiger partial charge on any atom is 0.407 e. The molecule has 29 heavy (non-hydrogen) atoms. The van der Waals surface area contributed by atoms with E-state index >= 15 is 0 Å². The summed E-state index contributed by atoms with van der Waals surface area (Å²) in [6.45, 7) is 10.8. The highest BCUT2D eigenvalue weighted by molar-refractivity contribution is 6.06. The van der Waals surface area contributed by atoms with Gasteiger partial charge >= 0.3 is 6.09 Å². The second-order valence-corrected chi connectivity index (χ2v) is 8.83. The standard InChI is InChI=1S/C21H31N5O3/c1-13(2)19(27)25-15-11-23-18-17(15)16(8-9-22-18)26-10-6-7-14(12-26)24-20(28)29-21(3,4)5/h8-9,11,13-14H,6-7,10,12H2,1-5H3,(H,22,23)(H,24,28)(H,25,27)/t14-/m1/s1. The third-order valence-corrected chi connectivity index (χ3v) is 4.82. The van der Waals surface area contributed by atoms with Gasteiger partial charge in [-0.15, -0.1) is 0 Å². The number of hydrogen-bond acceptors (Lipinski definition) is 5. The number of amides is 2. The molecule has 3 N–H and O–H groups in total. The minimum atomic E-state index is -0.523. The number of nitrogens with one attached hydrogen (secondary N) is 3. The molecule has 0 spiro atoms. The number of pyridine rings is 1. The number of piperidine rings is 1. The molecule has 0 aliphatic carbocycles. The van der Waals surface area contributed by atoms with Crippen molar-refractivity contribution in [1.29, 1.82) is 0 Å². The average molecular weight is 402 g/mol. The van der Waals surface area contributed by atoms with Gasteiger partial charge in [0.2, 0.25) is 5.91 Å². The first-order chi connectivity index (χ1) is 13.6. The van der Waals surface area contributed by atoms with Crippen molar-refractivity contribution >= 4 is 34.4 Å². The van der Waals surface area contributed by atoms with Crippen LogP contribution in [0, 0.1) is 5.92 Å². The van der Waals surface area contributed by atoms with Crippen molar-refractivity contribution in [2.24, 2.45) is 5.92 Å². The van der Waals surface area contributed by atoms with Crippen LogP contribution in [0.4, 0.5) is 16.2 Å². The topological polar surface area (TPSA) is 99.4 Å². The molecule has 0 saturated carbocycles. The Balaban J connectivity index is 1.80.